The standard InChI is InChI=1S/C20H15ClFN3OS/c1-12-10-16(13-6-3-2-4-7-13)24-20(23-12)25-17(26)11-27-19(25)18-14(21)8-5-9-15(18)22/h2-10,19H,11H2,1H3. The fourth-order valence-corrected chi connectivity index (χ4v) is 4.56. The molecule has 3 aromatic rings. The van der Waals surface area contributed by atoms with E-state index in [4.69, 9.17) is 11.6 Å². The van der Waals surface area contributed by atoms with Crippen molar-refractivity contribution in [3.63, 3.8) is 0 Å². The van der Waals surface area contributed by atoms with E-state index in [2.05, 4.69) is 9.97 Å². The van der Waals surface area contributed by atoms with Gasteiger partial charge in [0.25, 0.3) is 0 Å². The molecular weight excluding hydrogens is 385 g/mol. The van der Waals surface area contributed by atoms with Gasteiger partial charge in [0.05, 0.1) is 11.4 Å². The van der Waals surface area contributed by atoms with Crippen LogP contribution in [0.3, 0.4) is 0 Å². The molecule has 1 aliphatic heterocycles. The van der Waals surface area contributed by atoms with Gasteiger partial charge in [0.2, 0.25) is 11.9 Å². The smallest absolute Gasteiger partial charge is 0.240 e. The summed E-state index contributed by atoms with van der Waals surface area (Å²) in [6.07, 6.45) is 0. The van der Waals surface area contributed by atoms with E-state index in [-0.39, 0.29) is 28.2 Å². The molecule has 1 unspecified atom stereocenters. The Morgan fingerprint density at radius 2 is 1.93 bits per heavy atom. The minimum Gasteiger partial charge on any atom is -0.273 e. The molecule has 0 bridgehead atoms. The molecule has 2 aromatic carbocycles. The van der Waals surface area contributed by atoms with Crippen LogP contribution in [0.15, 0.2) is 54.6 Å². The number of carbonyl (C=O) groups excluding carboxylic acids is 1. The lowest BCUT2D eigenvalue weighted by molar-refractivity contribution is -0.115. The van der Waals surface area contributed by atoms with Crippen LogP contribution in [0.2, 0.25) is 5.02 Å². The molecule has 1 fully saturated rings. The van der Waals surface area contributed by atoms with Crippen LogP contribution in [-0.2, 0) is 4.79 Å². The van der Waals surface area contributed by atoms with Gasteiger partial charge in [-0.05, 0) is 25.1 Å². The maximum absolute atomic E-state index is 14.5. The van der Waals surface area contributed by atoms with Gasteiger partial charge in [-0.15, -0.1) is 11.8 Å². The van der Waals surface area contributed by atoms with Gasteiger partial charge < -0.3 is 0 Å². The van der Waals surface area contributed by atoms with Gasteiger partial charge in [-0.1, -0.05) is 48.0 Å². The lowest BCUT2D eigenvalue weighted by atomic mass is 10.1. The first kappa shape index (κ1) is 17.9. The van der Waals surface area contributed by atoms with Gasteiger partial charge >= 0.3 is 0 Å². The van der Waals surface area contributed by atoms with Crippen molar-refractivity contribution in [3.8, 4) is 11.3 Å². The Bertz CT molecular complexity index is 995. The zero-order valence-corrected chi connectivity index (χ0v) is 16.0. The van der Waals surface area contributed by atoms with Crippen molar-refractivity contribution in [2.45, 2.75) is 12.3 Å². The largest absolute Gasteiger partial charge is 0.273 e. The number of hydrogen-bond donors (Lipinski definition) is 0. The van der Waals surface area contributed by atoms with E-state index in [9.17, 15) is 9.18 Å². The molecular formula is C20H15ClFN3OS. The normalized spacial score (nSPS) is 16.8. The fraction of sp³-hybridized carbons (Fsp3) is 0.150. The number of aromatic nitrogens is 2. The molecule has 136 valence electrons. The highest BCUT2D eigenvalue weighted by Gasteiger charge is 2.38. The molecule has 0 N–H and O–H groups in total. The SMILES string of the molecule is Cc1cc(-c2ccccc2)nc(N2C(=O)CSC2c2c(F)cccc2Cl)n1. The second-order valence-electron chi connectivity index (χ2n) is 6.12. The third-order valence-electron chi connectivity index (χ3n) is 4.24. The second kappa shape index (κ2) is 7.29. The lowest BCUT2D eigenvalue weighted by Crippen LogP contribution is -2.30. The molecule has 0 aliphatic carbocycles. The maximum atomic E-state index is 14.5. The number of hydrogen-bond acceptors (Lipinski definition) is 4. The summed E-state index contributed by atoms with van der Waals surface area (Å²) in [6.45, 7) is 1.84. The van der Waals surface area contributed by atoms with Crippen molar-refractivity contribution in [1.29, 1.82) is 0 Å². The van der Waals surface area contributed by atoms with Gasteiger partial charge in [-0.25, -0.2) is 14.4 Å². The van der Waals surface area contributed by atoms with Crippen LogP contribution in [0.4, 0.5) is 10.3 Å². The van der Waals surface area contributed by atoms with Gasteiger partial charge in [-0.3, -0.25) is 9.69 Å². The van der Waals surface area contributed by atoms with Crippen molar-refractivity contribution < 1.29 is 9.18 Å². The van der Waals surface area contributed by atoms with Crippen LogP contribution < -0.4 is 4.90 Å². The average molecular weight is 400 g/mol. The monoisotopic (exact) mass is 399 g/mol. The highest BCUT2D eigenvalue weighted by Crippen LogP contribution is 2.44. The van der Waals surface area contributed by atoms with Crippen molar-refractivity contribution in [2.24, 2.45) is 0 Å². The number of benzene rings is 2. The quantitative estimate of drug-likeness (QED) is 0.620. The summed E-state index contributed by atoms with van der Waals surface area (Å²) in [6, 6.07) is 16.0. The van der Waals surface area contributed by atoms with Crippen molar-refractivity contribution >= 4 is 35.2 Å². The van der Waals surface area contributed by atoms with Gasteiger partial charge in [0.15, 0.2) is 0 Å². The molecule has 0 radical (unpaired) electrons. The van der Waals surface area contributed by atoms with Gasteiger partial charge in [0, 0.05) is 21.8 Å². The van der Waals surface area contributed by atoms with Crippen LogP contribution in [0.5, 0.6) is 0 Å². The molecule has 1 aliphatic rings. The Morgan fingerprint density at radius 1 is 1.15 bits per heavy atom. The topological polar surface area (TPSA) is 46.1 Å². The number of rotatable bonds is 3. The molecule has 0 saturated carbocycles. The summed E-state index contributed by atoms with van der Waals surface area (Å²) in [5, 5.41) is -0.320. The average Bonchev–Trinajstić information content (AvgIpc) is 3.03. The van der Waals surface area contributed by atoms with Crippen LogP contribution in [-0.4, -0.2) is 21.6 Å². The van der Waals surface area contributed by atoms with Crippen LogP contribution in [0.1, 0.15) is 16.6 Å². The highest BCUT2D eigenvalue weighted by molar-refractivity contribution is 8.00. The summed E-state index contributed by atoms with van der Waals surface area (Å²) in [7, 11) is 0. The molecule has 2 heterocycles. The molecule has 1 atom stereocenters. The zero-order valence-electron chi connectivity index (χ0n) is 14.4. The zero-order chi connectivity index (χ0) is 19.0. The molecule has 1 saturated heterocycles. The van der Waals surface area contributed by atoms with Crippen LogP contribution >= 0.6 is 23.4 Å². The molecule has 0 spiro atoms. The molecule has 27 heavy (non-hydrogen) atoms. The number of thioether (sulfide) groups is 1. The predicted molar refractivity (Wildman–Crippen MR) is 106 cm³/mol. The van der Waals surface area contributed by atoms with Crippen LogP contribution in [0, 0.1) is 12.7 Å². The third kappa shape index (κ3) is 3.42. The third-order valence-corrected chi connectivity index (χ3v) is 5.75. The summed E-state index contributed by atoms with van der Waals surface area (Å²) >= 11 is 7.55. The number of halogens is 2. The lowest BCUT2D eigenvalue weighted by Gasteiger charge is -2.24. The summed E-state index contributed by atoms with van der Waals surface area (Å²) in [5.74, 6) is -0.148. The fourth-order valence-electron chi connectivity index (χ4n) is 3.02. The van der Waals surface area contributed by atoms with E-state index in [1.54, 1.807) is 12.1 Å². The number of anilines is 1. The first-order valence-corrected chi connectivity index (χ1v) is 9.76. The van der Waals surface area contributed by atoms with E-state index in [0.717, 1.165) is 11.3 Å². The first-order valence-electron chi connectivity index (χ1n) is 8.33. The number of aryl methyl sites for hydroxylation is 1. The molecule has 4 rings (SSSR count). The van der Waals surface area contributed by atoms with E-state index in [1.807, 2.05) is 43.3 Å². The van der Waals surface area contributed by atoms with Gasteiger partial charge in [-0.2, -0.15) is 0 Å². The predicted octanol–water partition coefficient (Wildman–Crippen LogP) is 5.02. The second-order valence-corrected chi connectivity index (χ2v) is 7.60. The summed E-state index contributed by atoms with van der Waals surface area (Å²) in [4.78, 5) is 23.1. The highest BCUT2D eigenvalue weighted by atomic mass is 35.5. The van der Waals surface area contributed by atoms with E-state index < -0.39 is 11.2 Å². The number of carbonyl (C=O) groups is 1. The molecule has 1 amide bonds. The van der Waals surface area contributed by atoms with E-state index >= 15 is 0 Å². The Labute approximate surface area is 165 Å². The number of amides is 1. The van der Waals surface area contributed by atoms with Crippen molar-refractivity contribution in [3.05, 3.63) is 76.7 Å². The van der Waals surface area contributed by atoms with Gasteiger partial charge in [0.1, 0.15) is 11.2 Å². The summed E-state index contributed by atoms with van der Waals surface area (Å²) in [5.41, 5.74) is 2.63. The molecule has 4 nitrogen and oxygen atoms in total. The Hall–Kier alpha value is -2.44. The van der Waals surface area contributed by atoms with Crippen molar-refractivity contribution in [2.75, 3.05) is 10.7 Å². The summed E-state index contributed by atoms with van der Waals surface area (Å²) < 4.78 is 14.5. The Balaban J connectivity index is 1.81. The van der Waals surface area contributed by atoms with Crippen LogP contribution in [0.25, 0.3) is 11.3 Å². The Kier molecular flexibility index (Phi) is 4.85. The minimum absolute atomic E-state index is 0.172. The minimum atomic E-state index is -0.600. The number of nitrogens with zero attached hydrogens (tertiary/aromatic N) is 3. The van der Waals surface area contributed by atoms with E-state index in [0.29, 0.717) is 5.69 Å². The maximum Gasteiger partial charge on any atom is 0.240 e. The van der Waals surface area contributed by atoms with Crippen molar-refractivity contribution in [1.82, 2.24) is 9.97 Å². The molecule has 1 aromatic heterocycles. The van der Waals surface area contributed by atoms with E-state index in [1.165, 1.54) is 22.7 Å². The Morgan fingerprint density at radius 3 is 2.67 bits per heavy atom. The first-order chi connectivity index (χ1) is 13.0. The molecule has 7 heteroatoms.